The number of pyridine rings is 1. The molecule has 0 aliphatic heterocycles. The van der Waals surface area contributed by atoms with Gasteiger partial charge in [0, 0.05) is 11.1 Å². The quantitative estimate of drug-likeness (QED) is 0.364. The molecule has 0 atom stereocenters. The second-order valence-electron chi connectivity index (χ2n) is 1.94. The van der Waals surface area contributed by atoms with E-state index in [2.05, 4.69) is 4.98 Å². The molecule has 1 aromatic rings. The third kappa shape index (κ3) is 1.96. The fourth-order valence-electron chi connectivity index (χ4n) is 0.676. The Hall–Kier alpha value is -1.52. The number of aromatic nitrogens is 1. The molecule has 0 aromatic carbocycles. The summed E-state index contributed by atoms with van der Waals surface area (Å²) in [5.74, 6) is -0.774. The summed E-state index contributed by atoms with van der Waals surface area (Å²) in [6.45, 7) is -0.514. The van der Waals surface area contributed by atoms with Gasteiger partial charge in [-0.2, -0.15) is 4.39 Å². The Morgan fingerprint density at radius 1 is 1.73 bits per heavy atom. The van der Waals surface area contributed by atoms with Gasteiger partial charge < -0.3 is 0 Å². The Labute approximate surface area is 61.8 Å². The first-order valence-corrected chi connectivity index (χ1v) is 2.91. The fraction of sp³-hybridized carbons (Fsp3) is 0.167. The van der Waals surface area contributed by atoms with E-state index in [1.165, 1.54) is 18.3 Å². The van der Waals surface area contributed by atoms with E-state index in [1.54, 1.807) is 0 Å². The Balaban J connectivity index is 2.86. The lowest BCUT2D eigenvalue weighted by atomic mass is 10.3. The van der Waals surface area contributed by atoms with Crippen LogP contribution < -0.4 is 0 Å². The maximum atomic E-state index is 12.5. The van der Waals surface area contributed by atoms with Gasteiger partial charge in [-0.05, 0) is 12.1 Å². The second-order valence-corrected chi connectivity index (χ2v) is 1.94. The lowest BCUT2D eigenvalue weighted by Gasteiger charge is -1.93. The van der Waals surface area contributed by atoms with Crippen LogP contribution >= 0.6 is 0 Å². The smallest absolute Gasteiger partial charge is 0.233 e. The maximum Gasteiger partial charge on any atom is 0.233 e. The molecule has 0 saturated heterocycles. The van der Waals surface area contributed by atoms with Crippen LogP contribution in [0.25, 0.3) is 0 Å². The number of rotatable bonds is 2. The number of nitrogens with zero attached hydrogens (tertiary/aromatic N) is 2. The van der Waals surface area contributed by atoms with Gasteiger partial charge in [0.15, 0.2) is 0 Å². The average Bonchev–Trinajstić information content (AvgIpc) is 1.93. The van der Waals surface area contributed by atoms with Crippen molar-refractivity contribution in [1.29, 1.82) is 0 Å². The van der Waals surface area contributed by atoms with E-state index in [0.717, 1.165) is 0 Å². The highest BCUT2D eigenvalue weighted by Crippen LogP contribution is 2.03. The van der Waals surface area contributed by atoms with E-state index in [1.807, 2.05) is 0 Å². The van der Waals surface area contributed by atoms with Crippen LogP contribution in [-0.2, 0) is 6.54 Å². The first kappa shape index (κ1) is 7.59. The molecule has 5 heteroatoms. The minimum atomic E-state index is -0.774. The molecular weight excluding hydrogens is 151 g/mol. The van der Waals surface area contributed by atoms with Crippen LogP contribution in [0.5, 0.6) is 0 Å². The van der Waals surface area contributed by atoms with Crippen LogP contribution in [0.2, 0.25) is 0 Å². The van der Waals surface area contributed by atoms with E-state index in [9.17, 15) is 14.5 Å². The molecule has 0 N–H and O–H groups in total. The molecule has 0 spiro atoms. The second kappa shape index (κ2) is 3.05. The van der Waals surface area contributed by atoms with E-state index < -0.39 is 17.4 Å². The Morgan fingerprint density at radius 3 is 3.00 bits per heavy atom. The summed E-state index contributed by atoms with van der Waals surface area (Å²) in [5.41, 5.74) is 0.0116. The maximum absolute atomic E-state index is 12.5. The van der Waals surface area contributed by atoms with Crippen LogP contribution in [0.1, 0.15) is 5.56 Å². The van der Waals surface area contributed by atoms with Crippen LogP contribution in [0.15, 0.2) is 18.3 Å². The Bertz CT molecular complexity index is 277. The zero-order valence-electron chi connectivity index (χ0n) is 5.53. The summed E-state index contributed by atoms with van der Waals surface area (Å²) >= 11 is 0. The van der Waals surface area contributed by atoms with Gasteiger partial charge in [-0.1, -0.05) is 0 Å². The van der Waals surface area contributed by atoms with Gasteiger partial charge in [-0.15, -0.1) is 0 Å². The predicted molar refractivity (Wildman–Crippen MR) is 34.9 cm³/mol. The average molecular weight is 156 g/mol. The van der Waals surface area contributed by atoms with Gasteiger partial charge in [0.05, 0.1) is 5.56 Å². The van der Waals surface area contributed by atoms with Crippen molar-refractivity contribution in [3.63, 3.8) is 0 Å². The Morgan fingerprint density at radius 2 is 2.45 bits per heavy atom. The lowest BCUT2D eigenvalue weighted by molar-refractivity contribution is -0.497. The van der Waals surface area contributed by atoms with Crippen molar-refractivity contribution in [2.75, 3.05) is 0 Å². The van der Waals surface area contributed by atoms with E-state index in [4.69, 9.17) is 0 Å². The monoisotopic (exact) mass is 156 g/mol. The number of hydrogen-bond donors (Lipinski definition) is 0. The van der Waals surface area contributed by atoms with Gasteiger partial charge in [0.1, 0.15) is 0 Å². The highest BCUT2D eigenvalue weighted by atomic mass is 19.1. The molecule has 0 saturated carbocycles. The molecule has 0 bridgehead atoms. The summed E-state index contributed by atoms with van der Waals surface area (Å²) in [7, 11) is 0. The van der Waals surface area contributed by atoms with Gasteiger partial charge in [0.2, 0.25) is 12.5 Å². The van der Waals surface area contributed by atoms with Crippen molar-refractivity contribution >= 4 is 0 Å². The fourth-order valence-corrected chi connectivity index (χ4v) is 0.676. The molecular formula is C6H5FN2O2. The summed E-state index contributed by atoms with van der Waals surface area (Å²) in [6, 6.07) is 2.80. The molecule has 0 unspecified atom stereocenters. The van der Waals surface area contributed by atoms with Crippen LogP contribution in [0, 0.1) is 16.1 Å². The first-order valence-electron chi connectivity index (χ1n) is 2.91. The highest BCUT2D eigenvalue weighted by molar-refractivity contribution is 5.08. The number of halogens is 1. The van der Waals surface area contributed by atoms with Crippen LogP contribution in [0.3, 0.4) is 0 Å². The zero-order chi connectivity index (χ0) is 8.27. The van der Waals surface area contributed by atoms with Gasteiger partial charge in [-0.25, -0.2) is 4.98 Å². The molecule has 1 heterocycles. The van der Waals surface area contributed by atoms with E-state index >= 15 is 0 Å². The molecule has 0 fully saturated rings. The van der Waals surface area contributed by atoms with E-state index in [-0.39, 0.29) is 5.56 Å². The van der Waals surface area contributed by atoms with Crippen molar-refractivity contribution in [3.8, 4) is 0 Å². The molecule has 0 aliphatic rings. The van der Waals surface area contributed by atoms with Crippen LogP contribution in [0.4, 0.5) is 4.39 Å². The Kier molecular flexibility index (Phi) is 2.10. The van der Waals surface area contributed by atoms with Crippen molar-refractivity contribution in [2.24, 2.45) is 0 Å². The minimum Gasteiger partial charge on any atom is -0.264 e. The van der Waals surface area contributed by atoms with Crippen molar-refractivity contribution in [3.05, 3.63) is 40.0 Å². The molecule has 4 nitrogen and oxygen atoms in total. The first-order chi connectivity index (χ1) is 5.20. The largest absolute Gasteiger partial charge is 0.264 e. The van der Waals surface area contributed by atoms with Gasteiger partial charge in [-0.3, -0.25) is 10.1 Å². The molecule has 0 amide bonds. The van der Waals surface area contributed by atoms with Gasteiger partial charge in [0.25, 0.3) is 0 Å². The van der Waals surface area contributed by atoms with E-state index in [0.29, 0.717) is 0 Å². The molecule has 11 heavy (non-hydrogen) atoms. The summed E-state index contributed by atoms with van der Waals surface area (Å²) in [6.07, 6.45) is 1.25. The molecule has 0 radical (unpaired) electrons. The van der Waals surface area contributed by atoms with Gasteiger partial charge >= 0.3 is 0 Å². The molecule has 1 aromatic heterocycles. The number of hydrogen-bond acceptors (Lipinski definition) is 3. The van der Waals surface area contributed by atoms with Crippen molar-refractivity contribution in [2.45, 2.75) is 6.54 Å². The van der Waals surface area contributed by atoms with Crippen molar-refractivity contribution < 1.29 is 9.31 Å². The summed E-state index contributed by atoms with van der Waals surface area (Å²) in [4.78, 5) is 12.6. The lowest BCUT2D eigenvalue weighted by Crippen LogP contribution is -2.01. The highest BCUT2D eigenvalue weighted by Gasteiger charge is 2.07. The zero-order valence-corrected chi connectivity index (χ0v) is 5.53. The minimum absolute atomic E-state index is 0.0116. The van der Waals surface area contributed by atoms with Crippen molar-refractivity contribution in [1.82, 2.24) is 4.98 Å². The third-order valence-corrected chi connectivity index (χ3v) is 1.14. The normalized spacial score (nSPS) is 9.55. The summed E-state index contributed by atoms with van der Waals surface area (Å²) in [5, 5.41) is 9.93. The molecule has 1 rings (SSSR count). The predicted octanol–water partition coefficient (Wildman–Crippen LogP) is 0.997. The standard InChI is InChI=1S/C6H5FN2O2/c7-6-5(4-9(10)11)2-1-3-8-6/h1-3H,4H2. The summed E-state index contributed by atoms with van der Waals surface area (Å²) < 4.78 is 12.5. The molecule has 0 aliphatic carbocycles. The third-order valence-electron chi connectivity index (χ3n) is 1.14. The SMILES string of the molecule is O=[N+]([O-])Cc1cccnc1F. The number of nitro groups is 1. The molecule has 58 valence electrons. The van der Waals surface area contributed by atoms with Crippen LogP contribution in [-0.4, -0.2) is 9.91 Å². The topological polar surface area (TPSA) is 56.0 Å².